The number of ether oxygens (including phenoxy) is 1. The van der Waals surface area contributed by atoms with Crippen LogP contribution in [0.2, 0.25) is 0 Å². The molecule has 0 spiro atoms. The monoisotopic (exact) mass is 312 g/mol. The van der Waals surface area contributed by atoms with Crippen molar-refractivity contribution in [1.82, 2.24) is 4.72 Å². The van der Waals surface area contributed by atoms with Gasteiger partial charge in [-0.2, -0.15) is 0 Å². The number of rotatable bonds is 6. The molecule has 1 aliphatic rings. The normalized spacial score (nSPS) is 18.6. The molecule has 21 heavy (non-hydrogen) atoms. The van der Waals surface area contributed by atoms with Gasteiger partial charge in [0.25, 0.3) is 0 Å². The van der Waals surface area contributed by atoms with Crippen molar-refractivity contribution in [3.8, 4) is 0 Å². The van der Waals surface area contributed by atoms with Crippen molar-refractivity contribution in [2.75, 3.05) is 18.5 Å². The summed E-state index contributed by atoms with van der Waals surface area (Å²) in [5.41, 5.74) is 0.583. The molecular weight excluding hydrogens is 292 g/mol. The SMILES string of the molecule is CCC(=O)Nc1ccc(S(=O)(=O)NC[C@H]2CCCO2)cc1. The van der Waals surface area contributed by atoms with Gasteiger partial charge < -0.3 is 10.1 Å². The summed E-state index contributed by atoms with van der Waals surface area (Å²) in [6, 6.07) is 6.11. The third-order valence-corrected chi connectivity index (χ3v) is 4.73. The number of nitrogens with one attached hydrogen (secondary N) is 2. The molecule has 0 bridgehead atoms. The Morgan fingerprint density at radius 3 is 2.62 bits per heavy atom. The predicted molar refractivity (Wildman–Crippen MR) is 79.5 cm³/mol. The highest BCUT2D eigenvalue weighted by molar-refractivity contribution is 7.89. The van der Waals surface area contributed by atoms with Crippen molar-refractivity contribution in [1.29, 1.82) is 0 Å². The lowest BCUT2D eigenvalue weighted by Crippen LogP contribution is -2.31. The van der Waals surface area contributed by atoms with Gasteiger partial charge in [-0.3, -0.25) is 4.79 Å². The van der Waals surface area contributed by atoms with Gasteiger partial charge in [-0.05, 0) is 37.1 Å². The zero-order valence-electron chi connectivity index (χ0n) is 12.0. The molecule has 0 aliphatic carbocycles. The van der Waals surface area contributed by atoms with Crippen molar-refractivity contribution < 1.29 is 17.9 Å². The Kier molecular flexibility index (Phi) is 5.33. The van der Waals surface area contributed by atoms with E-state index in [-0.39, 0.29) is 23.5 Å². The molecule has 1 saturated heterocycles. The number of carbonyl (C=O) groups excluding carboxylic acids is 1. The van der Waals surface area contributed by atoms with Crippen molar-refractivity contribution in [3.05, 3.63) is 24.3 Å². The molecule has 0 unspecified atom stereocenters. The van der Waals surface area contributed by atoms with Gasteiger partial charge >= 0.3 is 0 Å². The molecule has 0 aromatic heterocycles. The van der Waals surface area contributed by atoms with E-state index in [1.807, 2.05) is 0 Å². The second kappa shape index (κ2) is 7.02. The van der Waals surface area contributed by atoms with Crippen LogP contribution in [0.1, 0.15) is 26.2 Å². The lowest BCUT2D eigenvalue weighted by atomic mass is 10.2. The topological polar surface area (TPSA) is 84.5 Å². The van der Waals surface area contributed by atoms with Crippen LogP contribution in [0.15, 0.2) is 29.2 Å². The maximum Gasteiger partial charge on any atom is 0.240 e. The number of hydrogen-bond acceptors (Lipinski definition) is 4. The van der Waals surface area contributed by atoms with Crippen molar-refractivity contribution in [2.45, 2.75) is 37.2 Å². The third-order valence-electron chi connectivity index (χ3n) is 3.29. The summed E-state index contributed by atoms with van der Waals surface area (Å²) in [5.74, 6) is -0.109. The Hall–Kier alpha value is -1.44. The average molecular weight is 312 g/mol. The Morgan fingerprint density at radius 1 is 1.33 bits per heavy atom. The fourth-order valence-corrected chi connectivity index (χ4v) is 3.12. The molecule has 2 N–H and O–H groups in total. The van der Waals surface area contributed by atoms with Gasteiger partial charge in [0.1, 0.15) is 0 Å². The molecule has 116 valence electrons. The van der Waals surface area contributed by atoms with E-state index >= 15 is 0 Å². The minimum atomic E-state index is -3.54. The van der Waals surface area contributed by atoms with E-state index in [2.05, 4.69) is 10.0 Å². The molecule has 1 aliphatic heterocycles. The summed E-state index contributed by atoms with van der Waals surface area (Å²) in [4.78, 5) is 11.4. The lowest BCUT2D eigenvalue weighted by molar-refractivity contribution is -0.115. The number of hydrogen-bond donors (Lipinski definition) is 2. The second-order valence-electron chi connectivity index (χ2n) is 4.91. The average Bonchev–Trinajstić information content (AvgIpc) is 2.99. The summed E-state index contributed by atoms with van der Waals surface area (Å²) in [7, 11) is -3.54. The largest absolute Gasteiger partial charge is 0.377 e. The first kappa shape index (κ1) is 15.9. The Morgan fingerprint density at radius 2 is 2.05 bits per heavy atom. The van der Waals surface area contributed by atoms with Crippen LogP contribution in [-0.4, -0.2) is 33.6 Å². The maximum atomic E-state index is 12.1. The molecule has 0 radical (unpaired) electrons. The van der Waals surface area contributed by atoms with Crippen LogP contribution < -0.4 is 10.0 Å². The quantitative estimate of drug-likeness (QED) is 0.833. The van der Waals surface area contributed by atoms with Crippen LogP contribution >= 0.6 is 0 Å². The first-order chi connectivity index (χ1) is 10.0. The van der Waals surface area contributed by atoms with Crippen molar-refractivity contribution in [2.24, 2.45) is 0 Å². The molecule has 1 heterocycles. The minimum Gasteiger partial charge on any atom is -0.377 e. The van der Waals surface area contributed by atoms with Gasteiger partial charge in [-0.1, -0.05) is 6.92 Å². The maximum absolute atomic E-state index is 12.1. The van der Waals surface area contributed by atoms with E-state index in [9.17, 15) is 13.2 Å². The zero-order valence-corrected chi connectivity index (χ0v) is 12.8. The molecule has 1 fully saturated rings. The molecular formula is C14H20N2O4S. The highest BCUT2D eigenvalue weighted by Gasteiger charge is 2.20. The molecule has 6 nitrogen and oxygen atoms in total. The summed E-state index contributed by atoms with van der Waals surface area (Å²) >= 11 is 0. The van der Waals surface area contributed by atoms with Crippen molar-refractivity contribution >= 4 is 21.6 Å². The van der Waals surface area contributed by atoms with Gasteiger partial charge in [0, 0.05) is 25.3 Å². The van der Waals surface area contributed by atoms with Crippen LogP contribution in [0.5, 0.6) is 0 Å². The van der Waals surface area contributed by atoms with E-state index in [4.69, 9.17) is 4.74 Å². The van der Waals surface area contributed by atoms with E-state index < -0.39 is 10.0 Å². The van der Waals surface area contributed by atoms with Crippen LogP contribution in [0.3, 0.4) is 0 Å². The first-order valence-electron chi connectivity index (χ1n) is 7.02. The number of amides is 1. The molecule has 1 amide bonds. The predicted octanol–water partition coefficient (Wildman–Crippen LogP) is 1.49. The van der Waals surface area contributed by atoms with Gasteiger partial charge in [0.2, 0.25) is 15.9 Å². The van der Waals surface area contributed by atoms with Gasteiger partial charge in [-0.25, -0.2) is 13.1 Å². The van der Waals surface area contributed by atoms with Crippen LogP contribution in [0.4, 0.5) is 5.69 Å². The minimum absolute atomic E-state index is 0.0390. The van der Waals surface area contributed by atoms with Gasteiger partial charge in [0.05, 0.1) is 11.0 Å². The van der Waals surface area contributed by atoms with E-state index in [0.29, 0.717) is 18.7 Å². The zero-order chi connectivity index (χ0) is 15.3. The van der Waals surface area contributed by atoms with Crippen molar-refractivity contribution in [3.63, 3.8) is 0 Å². The molecule has 1 atom stereocenters. The molecule has 1 aromatic rings. The van der Waals surface area contributed by atoms with Gasteiger partial charge in [0.15, 0.2) is 0 Å². The summed E-state index contributed by atoms with van der Waals surface area (Å²) in [6.45, 7) is 2.73. The van der Waals surface area contributed by atoms with E-state index in [1.54, 1.807) is 19.1 Å². The summed E-state index contributed by atoms with van der Waals surface area (Å²) < 4.78 is 32.2. The lowest BCUT2D eigenvalue weighted by Gasteiger charge is -2.12. The molecule has 2 rings (SSSR count). The third kappa shape index (κ3) is 4.52. The molecule has 1 aromatic carbocycles. The Bertz CT molecular complexity index is 577. The van der Waals surface area contributed by atoms with E-state index in [1.165, 1.54) is 12.1 Å². The van der Waals surface area contributed by atoms with E-state index in [0.717, 1.165) is 12.8 Å². The Balaban J connectivity index is 1.97. The fourth-order valence-electron chi connectivity index (χ4n) is 2.06. The highest BCUT2D eigenvalue weighted by atomic mass is 32.2. The Labute approximate surface area is 124 Å². The number of benzene rings is 1. The summed E-state index contributed by atoms with van der Waals surface area (Å²) in [5, 5.41) is 2.67. The molecule has 7 heteroatoms. The number of carbonyl (C=O) groups is 1. The number of anilines is 1. The van der Waals surface area contributed by atoms with Gasteiger partial charge in [-0.15, -0.1) is 0 Å². The number of sulfonamides is 1. The first-order valence-corrected chi connectivity index (χ1v) is 8.51. The molecule has 0 saturated carbocycles. The van der Waals surface area contributed by atoms with Crippen LogP contribution in [0, 0.1) is 0 Å². The van der Waals surface area contributed by atoms with Crippen LogP contribution in [0.25, 0.3) is 0 Å². The summed E-state index contributed by atoms with van der Waals surface area (Å²) in [6.07, 6.45) is 2.19. The standard InChI is InChI=1S/C14H20N2O4S/c1-2-14(17)16-11-5-7-13(8-6-11)21(18,19)15-10-12-4-3-9-20-12/h5-8,12,15H,2-4,9-10H2,1H3,(H,16,17)/t12-/m1/s1. The highest BCUT2D eigenvalue weighted by Crippen LogP contribution is 2.16. The van der Waals surface area contributed by atoms with Crippen LogP contribution in [-0.2, 0) is 19.6 Å². The second-order valence-corrected chi connectivity index (χ2v) is 6.68. The smallest absolute Gasteiger partial charge is 0.240 e. The fraction of sp³-hybridized carbons (Fsp3) is 0.500.